The number of rotatable bonds is 7. The zero-order chi connectivity index (χ0) is 23.5. The number of hydrogen-bond donors (Lipinski definition) is 3. The molecule has 0 bridgehead atoms. The molecule has 1 aliphatic carbocycles. The average Bonchev–Trinajstić information content (AvgIpc) is 3.23. The largest absolute Gasteiger partial charge is 0.393 e. The molecule has 0 radical (unpaired) electrons. The predicted molar refractivity (Wildman–Crippen MR) is 136 cm³/mol. The van der Waals surface area contributed by atoms with Crippen molar-refractivity contribution in [2.24, 2.45) is 0 Å². The van der Waals surface area contributed by atoms with Crippen LogP contribution in [0.2, 0.25) is 0 Å². The van der Waals surface area contributed by atoms with Gasteiger partial charge in [-0.25, -0.2) is 13.8 Å². The fourth-order valence-electron chi connectivity index (χ4n) is 5.04. The van der Waals surface area contributed by atoms with E-state index in [0.29, 0.717) is 0 Å². The van der Waals surface area contributed by atoms with Crippen LogP contribution in [0.15, 0.2) is 36.7 Å². The lowest BCUT2D eigenvalue weighted by atomic mass is 9.93. The predicted octanol–water partition coefficient (Wildman–Crippen LogP) is 4.08. The van der Waals surface area contributed by atoms with E-state index in [0.717, 1.165) is 80.6 Å². The molecule has 1 saturated heterocycles. The zero-order valence-electron chi connectivity index (χ0n) is 19.7. The molecule has 35 heavy (non-hydrogen) atoms. The Morgan fingerprint density at radius 2 is 1.80 bits per heavy atom. The monoisotopic (exact) mass is 506 g/mol. The fraction of sp³-hybridized carbons (Fsp3) is 0.520. The Morgan fingerprint density at radius 1 is 1.09 bits per heavy atom. The van der Waals surface area contributed by atoms with Gasteiger partial charge < -0.3 is 20.3 Å². The summed E-state index contributed by atoms with van der Waals surface area (Å²) in [5, 5.41) is 16.9. The van der Waals surface area contributed by atoms with Crippen LogP contribution in [-0.2, 0) is 6.54 Å². The van der Waals surface area contributed by atoms with Gasteiger partial charge in [-0.2, -0.15) is 4.98 Å². The third kappa shape index (κ3) is 6.09. The first-order valence-corrected chi connectivity index (χ1v) is 12.2. The number of aliphatic hydroxyl groups excluding tert-OH is 1. The van der Waals surface area contributed by atoms with Crippen LogP contribution in [0.25, 0.3) is 22.2 Å². The second-order valence-electron chi connectivity index (χ2n) is 9.34. The lowest BCUT2D eigenvalue weighted by Gasteiger charge is -2.27. The molecule has 3 aromatic rings. The number of anilines is 1. The first kappa shape index (κ1) is 25.8. The third-order valence-corrected chi connectivity index (χ3v) is 6.93. The number of piperazine rings is 1. The molecule has 2 fully saturated rings. The minimum absolute atomic E-state index is 0. The van der Waals surface area contributed by atoms with Crippen molar-refractivity contribution in [3.8, 4) is 11.1 Å². The highest BCUT2D eigenvalue weighted by atomic mass is 35.5. The summed E-state index contributed by atoms with van der Waals surface area (Å²) >= 11 is 0. The molecule has 1 aliphatic heterocycles. The molecule has 10 heteroatoms. The van der Waals surface area contributed by atoms with Gasteiger partial charge in [0.1, 0.15) is 5.65 Å². The van der Waals surface area contributed by atoms with Crippen LogP contribution >= 0.6 is 12.4 Å². The molecule has 0 spiro atoms. The standard InChI is InChI=1S/C25H32F2N6O.ClH/c26-23(27)14-30-25-29-13-21-22(16-33(24(21)31-25)19-5-7-20(34)8-6-19)18-3-1-17(2-4-18)15-32-11-9-28-10-12-32;/h1-4,13,16,19-20,23,28,34H,5-12,14-15H2,(H,29,30,31);1H/t19-,20-;. The van der Waals surface area contributed by atoms with Gasteiger partial charge in [-0.15, -0.1) is 12.4 Å². The maximum absolute atomic E-state index is 12.7. The van der Waals surface area contributed by atoms with Gasteiger partial charge >= 0.3 is 0 Å². The summed E-state index contributed by atoms with van der Waals surface area (Å²) in [6.07, 6.45) is 4.34. The highest BCUT2D eigenvalue weighted by Gasteiger charge is 2.24. The summed E-state index contributed by atoms with van der Waals surface area (Å²) < 4.78 is 27.5. The number of halogens is 3. The van der Waals surface area contributed by atoms with E-state index in [1.165, 1.54) is 5.56 Å². The Kier molecular flexibility index (Phi) is 8.54. The van der Waals surface area contributed by atoms with Crippen LogP contribution in [0.3, 0.4) is 0 Å². The SMILES string of the molecule is Cl.O[C@H]1CC[C@H](n2cc(-c3ccc(CN4CCNCC4)cc3)c3cnc(NCC(F)F)nc32)CC1. The minimum Gasteiger partial charge on any atom is -0.393 e. The van der Waals surface area contributed by atoms with Crippen molar-refractivity contribution in [2.45, 2.75) is 50.8 Å². The van der Waals surface area contributed by atoms with Crippen molar-refractivity contribution < 1.29 is 13.9 Å². The van der Waals surface area contributed by atoms with Gasteiger partial charge in [-0.1, -0.05) is 24.3 Å². The summed E-state index contributed by atoms with van der Waals surface area (Å²) in [6.45, 7) is 4.64. The zero-order valence-corrected chi connectivity index (χ0v) is 20.5. The van der Waals surface area contributed by atoms with E-state index in [2.05, 4.69) is 60.5 Å². The number of alkyl halides is 2. The molecule has 0 atom stereocenters. The number of fused-ring (bicyclic) bond motifs is 1. The first-order chi connectivity index (χ1) is 16.6. The maximum atomic E-state index is 12.7. The molecule has 7 nitrogen and oxygen atoms in total. The highest BCUT2D eigenvalue weighted by molar-refractivity contribution is 5.94. The van der Waals surface area contributed by atoms with Crippen LogP contribution < -0.4 is 10.6 Å². The van der Waals surface area contributed by atoms with E-state index in [4.69, 9.17) is 0 Å². The van der Waals surface area contributed by atoms with Gasteiger partial charge in [0.05, 0.1) is 12.6 Å². The van der Waals surface area contributed by atoms with Crippen molar-refractivity contribution >= 4 is 29.4 Å². The molecular formula is C25H33ClF2N6O. The normalized spacial score (nSPS) is 21.3. The number of aliphatic hydroxyl groups is 1. The van der Waals surface area contributed by atoms with Crippen LogP contribution in [-0.4, -0.2) is 69.8 Å². The second kappa shape index (κ2) is 11.6. The highest BCUT2D eigenvalue weighted by Crippen LogP contribution is 2.36. The van der Waals surface area contributed by atoms with Crippen molar-refractivity contribution in [1.29, 1.82) is 0 Å². The summed E-state index contributed by atoms with van der Waals surface area (Å²) in [6, 6.07) is 8.85. The number of nitrogens with zero attached hydrogens (tertiary/aromatic N) is 4. The van der Waals surface area contributed by atoms with Crippen LogP contribution in [0.4, 0.5) is 14.7 Å². The number of aromatic nitrogens is 3. The number of hydrogen-bond acceptors (Lipinski definition) is 6. The Bertz CT molecular complexity index is 1100. The Hall–Kier alpha value is -2.33. The molecule has 1 saturated carbocycles. The maximum Gasteiger partial charge on any atom is 0.255 e. The third-order valence-electron chi connectivity index (χ3n) is 6.93. The van der Waals surface area contributed by atoms with Gasteiger partial charge in [0.25, 0.3) is 6.43 Å². The molecule has 190 valence electrons. The minimum atomic E-state index is -2.47. The van der Waals surface area contributed by atoms with E-state index in [9.17, 15) is 13.9 Å². The van der Waals surface area contributed by atoms with E-state index < -0.39 is 13.0 Å². The van der Waals surface area contributed by atoms with Gasteiger partial charge in [0, 0.05) is 62.1 Å². The lowest BCUT2D eigenvalue weighted by Crippen LogP contribution is -2.42. The Labute approximate surface area is 210 Å². The van der Waals surface area contributed by atoms with Crippen LogP contribution in [0.1, 0.15) is 37.3 Å². The van der Waals surface area contributed by atoms with Gasteiger partial charge in [-0.3, -0.25) is 4.90 Å². The van der Waals surface area contributed by atoms with E-state index in [1.54, 1.807) is 6.20 Å². The second-order valence-corrected chi connectivity index (χ2v) is 9.34. The molecule has 3 N–H and O–H groups in total. The molecule has 5 rings (SSSR count). The summed E-state index contributed by atoms with van der Waals surface area (Å²) in [4.78, 5) is 11.4. The van der Waals surface area contributed by atoms with Crippen molar-refractivity contribution in [3.05, 3.63) is 42.2 Å². The quantitative estimate of drug-likeness (QED) is 0.448. The van der Waals surface area contributed by atoms with Crippen LogP contribution in [0.5, 0.6) is 0 Å². The molecule has 3 heterocycles. The van der Waals surface area contributed by atoms with E-state index in [1.807, 2.05) is 0 Å². The molecule has 0 amide bonds. The average molecular weight is 507 g/mol. The first-order valence-electron chi connectivity index (χ1n) is 12.2. The van der Waals surface area contributed by atoms with Gasteiger partial charge in [0.2, 0.25) is 5.95 Å². The Balaban J connectivity index is 0.00000289. The smallest absolute Gasteiger partial charge is 0.255 e. The van der Waals surface area contributed by atoms with Gasteiger partial charge in [-0.05, 0) is 36.8 Å². The molecule has 2 aromatic heterocycles. The van der Waals surface area contributed by atoms with Gasteiger partial charge in [0.15, 0.2) is 0 Å². The molecule has 1 aromatic carbocycles. The Morgan fingerprint density at radius 3 is 2.49 bits per heavy atom. The van der Waals surface area contributed by atoms with Crippen molar-refractivity contribution in [3.63, 3.8) is 0 Å². The topological polar surface area (TPSA) is 78.2 Å². The van der Waals surface area contributed by atoms with Crippen molar-refractivity contribution in [2.75, 3.05) is 38.0 Å². The molecule has 2 aliphatic rings. The van der Waals surface area contributed by atoms with Crippen molar-refractivity contribution in [1.82, 2.24) is 24.8 Å². The summed E-state index contributed by atoms with van der Waals surface area (Å²) in [5.74, 6) is 0.209. The number of benzene rings is 1. The van der Waals surface area contributed by atoms with E-state index in [-0.39, 0.29) is 30.5 Å². The lowest BCUT2D eigenvalue weighted by molar-refractivity contribution is 0.111. The van der Waals surface area contributed by atoms with Crippen LogP contribution in [0, 0.1) is 0 Å². The fourth-order valence-corrected chi connectivity index (χ4v) is 5.04. The summed E-state index contributed by atoms with van der Waals surface area (Å²) in [5.41, 5.74) is 4.15. The summed E-state index contributed by atoms with van der Waals surface area (Å²) in [7, 11) is 0. The number of nitrogens with one attached hydrogen (secondary N) is 2. The molecular weight excluding hydrogens is 474 g/mol. The molecule has 0 unspecified atom stereocenters. The van der Waals surface area contributed by atoms with E-state index >= 15 is 0 Å².